The first kappa shape index (κ1) is 12.3. The number of hydrogen-bond acceptors (Lipinski definition) is 4. The summed E-state index contributed by atoms with van der Waals surface area (Å²) in [6, 6.07) is 0. The van der Waals surface area contributed by atoms with Crippen LogP contribution in [-0.2, 0) is 4.74 Å². The zero-order valence-corrected chi connectivity index (χ0v) is 10.7. The van der Waals surface area contributed by atoms with Crippen molar-refractivity contribution in [3.63, 3.8) is 0 Å². The third kappa shape index (κ3) is 3.17. The first-order valence-corrected chi connectivity index (χ1v) is 6.33. The Bertz CT molecular complexity index is 236. The number of hydrogen-bond donors (Lipinski definition) is 3. The Hall–Kier alpha value is -0.160. The number of ether oxygens (including phenoxy) is 1. The van der Waals surface area contributed by atoms with Crippen molar-refractivity contribution in [1.29, 1.82) is 0 Å². The lowest BCUT2D eigenvalue weighted by atomic mass is 9.91. The number of rotatable bonds is 2. The minimum Gasteiger partial charge on any atom is -0.370 e. The molecule has 4 heteroatoms. The van der Waals surface area contributed by atoms with Gasteiger partial charge in [-0.25, -0.2) is 0 Å². The average Bonchev–Trinajstić information content (AvgIpc) is 2.16. The van der Waals surface area contributed by atoms with Crippen LogP contribution in [0.1, 0.15) is 27.2 Å². The van der Waals surface area contributed by atoms with Crippen molar-refractivity contribution >= 4 is 0 Å². The molecule has 0 radical (unpaired) electrons. The maximum Gasteiger partial charge on any atom is 0.0754 e. The van der Waals surface area contributed by atoms with Gasteiger partial charge in [0.15, 0.2) is 0 Å². The molecular weight excluding hydrogens is 202 g/mol. The lowest BCUT2D eigenvalue weighted by Gasteiger charge is -2.43. The summed E-state index contributed by atoms with van der Waals surface area (Å²) in [5, 5.41) is 10.5. The van der Waals surface area contributed by atoms with E-state index < -0.39 is 0 Å². The molecule has 0 amide bonds. The van der Waals surface area contributed by atoms with Gasteiger partial charge in [0.2, 0.25) is 0 Å². The van der Waals surface area contributed by atoms with E-state index in [1.54, 1.807) is 0 Å². The molecular formula is C12H25N3O. The highest BCUT2D eigenvalue weighted by Gasteiger charge is 2.34. The van der Waals surface area contributed by atoms with Crippen molar-refractivity contribution in [2.24, 2.45) is 0 Å². The Morgan fingerprint density at radius 3 is 2.56 bits per heavy atom. The van der Waals surface area contributed by atoms with Gasteiger partial charge in [-0.05, 0) is 27.2 Å². The van der Waals surface area contributed by atoms with E-state index in [0.29, 0.717) is 6.10 Å². The minimum atomic E-state index is -0.0264. The zero-order valence-electron chi connectivity index (χ0n) is 10.7. The lowest BCUT2D eigenvalue weighted by Crippen LogP contribution is -2.61. The fourth-order valence-electron chi connectivity index (χ4n) is 2.71. The van der Waals surface area contributed by atoms with Crippen LogP contribution in [0.4, 0.5) is 0 Å². The average molecular weight is 227 g/mol. The van der Waals surface area contributed by atoms with Crippen LogP contribution in [0.15, 0.2) is 0 Å². The Kier molecular flexibility index (Phi) is 3.54. The second-order valence-electron chi connectivity index (χ2n) is 6.00. The molecule has 0 saturated carbocycles. The van der Waals surface area contributed by atoms with Crippen molar-refractivity contribution in [3.05, 3.63) is 0 Å². The maximum atomic E-state index is 6.11. The normalized spacial score (nSPS) is 39.6. The topological polar surface area (TPSA) is 45.3 Å². The van der Waals surface area contributed by atoms with Crippen LogP contribution in [-0.4, -0.2) is 50.0 Å². The molecule has 0 aromatic rings. The molecule has 2 aliphatic rings. The largest absolute Gasteiger partial charge is 0.370 e. The molecule has 4 nitrogen and oxygen atoms in total. The Morgan fingerprint density at radius 1 is 1.12 bits per heavy atom. The second-order valence-corrected chi connectivity index (χ2v) is 6.00. The molecule has 2 saturated heterocycles. The van der Waals surface area contributed by atoms with Crippen LogP contribution < -0.4 is 16.0 Å². The van der Waals surface area contributed by atoms with Crippen molar-refractivity contribution in [2.75, 3.05) is 32.7 Å². The molecule has 0 aliphatic carbocycles. The van der Waals surface area contributed by atoms with Crippen molar-refractivity contribution in [2.45, 2.75) is 44.4 Å². The molecule has 94 valence electrons. The Balaban J connectivity index is 1.88. The van der Waals surface area contributed by atoms with E-state index in [0.717, 1.165) is 39.1 Å². The van der Waals surface area contributed by atoms with Gasteiger partial charge in [0.25, 0.3) is 0 Å². The van der Waals surface area contributed by atoms with E-state index in [-0.39, 0.29) is 11.1 Å². The summed E-state index contributed by atoms with van der Waals surface area (Å²) in [4.78, 5) is 0. The summed E-state index contributed by atoms with van der Waals surface area (Å²) in [7, 11) is 0. The number of nitrogens with one attached hydrogen (secondary N) is 3. The Labute approximate surface area is 98.5 Å². The van der Waals surface area contributed by atoms with Crippen LogP contribution in [0.3, 0.4) is 0 Å². The molecule has 0 spiro atoms. The van der Waals surface area contributed by atoms with E-state index in [2.05, 4.69) is 36.7 Å². The van der Waals surface area contributed by atoms with Gasteiger partial charge in [0.05, 0.1) is 11.7 Å². The van der Waals surface area contributed by atoms with E-state index in [4.69, 9.17) is 4.74 Å². The van der Waals surface area contributed by atoms with E-state index >= 15 is 0 Å². The predicted octanol–water partition coefficient (Wildman–Crippen LogP) is 0.0950. The zero-order chi connectivity index (χ0) is 11.6. The fourth-order valence-corrected chi connectivity index (χ4v) is 2.71. The SMILES string of the molecule is CC1(CC2CNCC(C)(C)O2)CNCCN1. The predicted molar refractivity (Wildman–Crippen MR) is 65.7 cm³/mol. The third-order valence-corrected chi connectivity index (χ3v) is 3.46. The molecule has 0 bridgehead atoms. The quantitative estimate of drug-likeness (QED) is 0.626. The summed E-state index contributed by atoms with van der Waals surface area (Å²) >= 11 is 0. The summed E-state index contributed by atoms with van der Waals surface area (Å²) in [5.74, 6) is 0. The van der Waals surface area contributed by atoms with Gasteiger partial charge in [-0.2, -0.15) is 0 Å². The molecule has 2 aliphatic heterocycles. The molecule has 2 heterocycles. The molecule has 2 unspecified atom stereocenters. The first-order valence-electron chi connectivity index (χ1n) is 6.33. The standard InChI is InChI=1S/C12H25N3O/c1-11(2)8-14-7-10(16-11)6-12(3)9-13-4-5-15-12/h10,13-15H,4-9H2,1-3H3. The smallest absolute Gasteiger partial charge is 0.0754 e. The summed E-state index contributed by atoms with van der Waals surface area (Å²) in [5.41, 5.74) is 0.152. The van der Waals surface area contributed by atoms with Gasteiger partial charge >= 0.3 is 0 Å². The van der Waals surface area contributed by atoms with Gasteiger partial charge in [-0.3, -0.25) is 0 Å². The highest BCUT2D eigenvalue weighted by atomic mass is 16.5. The van der Waals surface area contributed by atoms with Gasteiger partial charge in [0, 0.05) is 38.3 Å². The lowest BCUT2D eigenvalue weighted by molar-refractivity contribution is -0.104. The second kappa shape index (κ2) is 4.61. The summed E-state index contributed by atoms with van der Waals surface area (Å²) in [6.45, 7) is 11.7. The third-order valence-electron chi connectivity index (χ3n) is 3.46. The Morgan fingerprint density at radius 2 is 1.94 bits per heavy atom. The number of piperazine rings is 1. The summed E-state index contributed by atoms with van der Waals surface area (Å²) in [6.07, 6.45) is 1.39. The number of morpholine rings is 1. The fraction of sp³-hybridized carbons (Fsp3) is 1.00. The van der Waals surface area contributed by atoms with Crippen molar-refractivity contribution in [3.8, 4) is 0 Å². The molecule has 3 N–H and O–H groups in total. The summed E-state index contributed by atoms with van der Waals surface area (Å²) < 4.78 is 6.11. The van der Waals surface area contributed by atoms with Crippen molar-refractivity contribution in [1.82, 2.24) is 16.0 Å². The van der Waals surface area contributed by atoms with Crippen molar-refractivity contribution < 1.29 is 4.74 Å². The first-order chi connectivity index (χ1) is 7.49. The highest BCUT2D eigenvalue weighted by Crippen LogP contribution is 2.22. The molecule has 16 heavy (non-hydrogen) atoms. The van der Waals surface area contributed by atoms with Crippen LogP contribution >= 0.6 is 0 Å². The van der Waals surface area contributed by atoms with Gasteiger partial charge < -0.3 is 20.7 Å². The molecule has 2 rings (SSSR count). The van der Waals surface area contributed by atoms with E-state index in [9.17, 15) is 0 Å². The van der Waals surface area contributed by atoms with Gasteiger partial charge in [-0.15, -0.1) is 0 Å². The highest BCUT2D eigenvalue weighted by molar-refractivity contribution is 4.94. The van der Waals surface area contributed by atoms with E-state index in [1.807, 2.05) is 0 Å². The monoisotopic (exact) mass is 227 g/mol. The van der Waals surface area contributed by atoms with Crippen LogP contribution in [0, 0.1) is 0 Å². The minimum absolute atomic E-state index is 0.0264. The van der Waals surface area contributed by atoms with Crippen LogP contribution in [0.5, 0.6) is 0 Å². The van der Waals surface area contributed by atoms with Gasteiger partial charge in [0.1, 0.15) is 0 Å². The van der Waals surface area contributed by atoms with Crippen LogP contribution in [0.2, 0.25) is 0 Å². The van der Waals surface area contributed by atoms with Gasteiger partial charge in [-0.1, -0.05) is 0 Å². The maximum absolute atomic E-state index is 6.11. The molecule has 2 fully saturated rings. The van der Waals surface area contributed by atoms with Crippen LogP contribution in [0.25, 0.3) is 0 Å². The molecule has 0 aromatic carbocycles. The molecule has 2 atom stereocenters. The molecule has 0 aromatic heterocycles. The van der Waals surface area contributed by atoms with E-state index in [1.165, 1.54) is 0 Å².